The summed E-state index contributed by atoms with van der Waals surface area (Å²) < 4.78 is 41.2. The molecule has 3 aromatic rings. The number of anilines is 1. The summed E-state index contributed by atoms with van der Waals surface area (Å²) in [4.78, 5) is 14.7. The molecule has 1 aliphatic rings. The molecule has 0 saturated carbocycles. The van der Waals surface area contributed by atoms with E-state index in [2.05, 4.69) is 25.2 Å². The molecule has 9 heteroatoms. The third-order valence-corrected chi connectivity index (χ3v) is 5.06. The SMILES string of the molecule is O=C(N[C@@H]1CCCN(c2cc(-c3ccccc3)[nH]n2)C1)c1cccc(OC(F)(F)F)c1. The van der Waals surface area contributed by atoms with E-state index in [1.807, 2.05) is 36.4 Å². The largest absolute Gasteiger partial charge is 0.573 e. The van der Waals surface area contributed by atoms with E-state index >= 15 is 0 Å². The number of ether oxygens (including phenoxy) is 1. The van der Waals surface area contributed by atoms with Gasteiger partial charge in [0.2, 0.25) is 0 Å². The first kappa shape index (κ1) is 20.8. The molecule has 0 radical (unpaired) electrons. The highest BCUT2D eigenvalue weighted by atomic mass is 19.4. The number of halogens is 3. The second-order valence-corrected chi connectivity index (χ2v) is 7.34. The van der Waals surface area contributed by atoms with E-state index in [0.717, 1.165) is 48.6 Å². The third kappa shape index (κ3) is 5.36. The van der Waals surface area contributed by atoms with Crippen molar-refractivity contribution >= 4 is 11.7 Å². The van der Waals surface area contributed by atoms with Crippen LogP contribution in [-0.4, -0.2) is 41.6 Å². The van der Waals surface area contributed by atoms with Gasteiger partial charge in [0.15, 0.2) is 5.82 Å². The second kappa shape index (κ2) is 8.71. The highest BCUT2D eigenvalue weighted by Gasteiger charge is 2.31. The van der Waals surface area contributed by atoms with Crippen LogP contribution in [0.4, 0.5) is 19.0 Å². The van der Waals surface area contributed by atoms with E-state index in [9.17, 15) is 18.0 Å². The van der Waals surface area contributed by atoms with Gasteiger partial charge in [0.1, 0.15) is 5.75 Å². The van der Waals surface area contributed by atoms with E-state index in [-0.39, 0.29) is 11.6 Å². The predicted octanol–water partition coefficient (Wildman–Crippen LogP) is 4.37. The molecule has 6 nitrogen and oxygen atoms in total. The van der Waals surface area contributed by atoms with Crippen LogP contribution >= 0.6 is 0 Å². The van der Waals surface area contributed by atoms with Crippen molar-refractivity contribution in [1.29, 1.82) is 0 Å². The van der Waals surface area contributed by atoms with Crippen molar-refractivity contribution < 1.29 is 22.7 Å². The van der Waals surface area contributed by atoms with Gasteiger partial charge in [0.25, 0.3) is 5.91 Å². The Morgan fingerprint density at radius 2 is 1.94 bits per heavy atom. The first-order valence-corrected chi connectivity index (χ1v) is 9.90. The number of nitrogens with one attached hydrogen (secondary N) is 2. The summed E-state index contributed by atoms with van der Waals surface area (Å²) in [5.41, 5.74) is 2.05. The number of alkyl halides is 3. The fraction of sp³-hybridized carbons (Fsp3) is 0.273. The van der Waals surface area contributed by atoms with Crippen molar-refractivity contribution in [3.05, 3.63) is 66.2 Å². The summed E-state index contributed by atoms with van der Waals surface area (Å²) in [5, 5.41) is 10.3. The Labute approximate surface area is 177 Å². The van der Waals surface area contributed by atoms with Crippen LogP contribution in [0.1, 0.15) is 23.2 Å². The molecule has 0 spiro atoms. The molecule has 31 heavy (non-hydrogen) atoms. The Balaban J connectivity index is 1.40. The van der Waals surface area contributed by atoms with E-state index in [4.69, 9.17) is 0 Å². The van der Waals surface area contributed by atoms with Gasteiger partial charge in [-0.25, -0.2) is 0 Å². The molecule has 1 saturated heterocycles. The van der Waals surface area contributed by atoms with Gasteiger partial charge in [-0.1, -0.05) is 36.4 Å². The molecule has 2 aromatic carbocycles. The number of hydrogen-bond acceptors (Lipinski definition) is 4. The van der Waals surface area contributed by atoms with Gasteiger partial charge in [-0.05, 0) is 36.6 Å². The van der Waals surface area contributed by atoms with Gasteiger partial charge in [-0.2, -0.15) is 5.10 Å². The Kier molecular flexibility index (Phi) is 5.83. The lowest BCUT2D eigenvalue weighted by Crippen LogP contribution is -2.48. The summed E-state index contributed by atoms with van der Waals surface area (Å²) in [7, 11) is 0. The number of hydrogen-bond donors (Lipinski definition) is 2. The van der Waals surface area contributed by atoms with Gasteiger partial charge in [0.05, 0.1) is 5.69 Å². The Morgan fingerprint density at radius 3 is 2.71 bits per heavy atom. The highest BCUT2D eigenvalue weighted by Crippen LogP contribution is 2.25. The summed E-state index contributed by atoms with van der Waals surface area (Å²) in [5.74, 6) is -0.0692. The molecule has 4 rings (SSSR count). The summed E-state index contributed by atoms with van der Waals surface area (Å²) in [6, 6.07) is 16.7. The summed E-state index contributed by atoms with van der Waals surface area (Å²) >= 11 is 0. The first-order valence-electron chi connectivity index (χ1n) is 9.90. The zero-order valence-corrected chi connectivity index (χ0v) is 16.5. The van der Waals surface area contributed by atoms with Crippen LogP contribution in [0, 0.1) is 0 Å². The standard InChI is InChI=1S/C22H21F3N4O2/c23-22(24,25)31-18-10-4-8-16(12-18)21(30)26-17-9-5-11-29(14-17)20-13-19(27-28-20)15-6-2-1-3-7-15/h1-4,6-8,10,12-13,17H,5,9,11,14H2,(H,26,30)(H,27,28)/t17-/m1/s1. The maximum absolute atomic E-state index is 12.6. The molecule has 0 aliphatic carbocycles. The van der Waals surface area contributed by atoms with Crippen LogP contribution in [-0.2, 0) is 0 Å². The monoisotopic (exact) mass is 430 g/mol. The zero-order chi connectivity index (χ0) is 21.8. The number of nitrogens with zero attached hydrogens (tertiary/aromatic N) is 2. The molecule has 162 valence electrons. The lowest BCUT2D eigenvalue weighted by atomic mass is 10.0. The number of benzene rings is 2. The summed E-state index contributed by atoms with van der Waals surface area (Å²) in [6.07, 6.45) is -3.17. The van der Waals surface area contributed by atoms with Crippen molar-refractivity contribution in [1.82, 2.24) is 15.5 Å². The summed E-state index contributed by atoms with van der Waals surface area (Å²) in [6.45, 7) is 1.37. The number of H-pyrrole nitrogens is 1. The van der Waals surface area contributed by atoms with E-state index in [1.165, 1.54) is 12.1 Å². The van der Waals surface area contributed by atoms with Crippen LogP contribution in [0.3, 0.4) is 0 Å². The lowest BCUT2D eigenvalue weighted by Gasteiger charge is -2.33. The number of aromatic amines is 1. The quantitative estimate of drug-likeness (QED) is 0.631. The van der Waals surface area contributed by atoms with Crippen LogP contribution in [0.2, 0.25) is 0 Å². The second-order valence-electron chi connectivity index (χ2n) is 7.34. The van der Waals surface area contributed by atoms with Crippen LogP contribution in [0.25, 0.3) is 11.3 Å². The number of aromatic nitrogens is 2. The van der Waals surface area contributed by atoms with Crippen molar-refractivity contribution in [3.63, 3.8) is 0 Å². The minimum atomic E-state index is -4.80. The predicted molar refractivity (Wildman–Crippen MR) is 110 cm³/mol. The molecule has 1 aromatic heterocycles. The van der Waals surface area contributed by atoms with Crippen molar-refractivity contribution in [3.8, 4) is 17.0 Å². The fourth-order valence-electron chi connectivity index (χ4n) is 3.64. The van der Waals surface area contributed by atoms with Gasteiger partial charge in [-0.15, -0.1) is 13.2 Å². The maximum Gasteiger partial charge on any atom is 0.573 e. The molecule has 1 atom stereocenters. The third-order valence-electron chi connectivity index (χ3n) is 5.06. The van der Waals surface area contributed by atoms with Crippen molar-refractivity contribution in [2.45, 2.75) is 25.2 Å². The first-order chi connectivity index (χ1) is 14.9. The average molecular weight is 430 g/mol. The number of carbonyl (C=O) groups excluding carboxylic acids is 1. The molecular formula is C22H21F3N4O2. The minimum absolute atomic E-state index is 0.116. The number of amides is 1. The molecular weight excluding hydrogens is 409 g/mol. The van der Waals surface area contributed by atoms with Gasteiger partial charge in [0, 0.05) is 30.8 Å². The van der Waals surface area contributed by atoms with E-state index in [0.29, 0.717) is 6.54 Å². The minimum Gasteiger partial charge on any atom is -0.406 e. The van der Waals surface area contributed by atoms with Gasteiger partial charge >= 0.3 is 6.36 Å². The van der Waals surface area contributed by atoms with Crippen molar-refractivity contribution in [2.24, 2.45) is 0 Å². The molecule has 2 N–H and O–H groups in total. The topological polar surface area (TPSA) is 70.2 Å². The fourth-order valence-corrected chi connectivity index (χ4v) is 3.64. The number of piperidine rings is 1. The van der Waals surface area contributed by atoms with E-state index in [1.54, 1.807) is 0 Å². The molecule has 1 aliphatic heterocycles. The number of carbonyl (C=O) groups is 1. The molecule has 2 heterocycles. The van der Waals surface area contributed by atoms with Crippen LogP contribution < -0.4 is 15.0 Å². The normalized spacial score (nSPS) is 16.7. The zero-order valence-electron chi connectivity index (χ0n) is 16.5. The number of rotatable bonds is 5. The van der Waals surface area contributed by atoms with Crippen molar-refractivity contribution in [2.75, 3.05) is 18.0 Å². The van der Waals surface area contributed by atoms with Crippen LogP contribution in [0.15, 0.2) is 60.7 Å². The highest BCUT2D eigenvalue weighted by molar-refractivity contribution is 5.94. The van der Waals surface area contributed by atoms with Gasteiger partial charge < -0.3 is 15.0 Å². The smallest absolute Gasteiger partial charge is 0.406 e. The maximum atomic E-state index is 12.6. The molecule has 0 bridgehead atoms. The Bertz CT molecular complexity index is 1040. The van der Waals surface area contributed by atoms with Crippen LogP contribution in [0.5, 0.6) is 5.75 Å². The Hall–Kier alpha value is -3.49. The molecule has 1 amide bonds. The Morgan fingerprint density at radius 1 is 1.13 bits per heavy atom. The molecule has 0 unspecified atom stereocenters. The van der Waals surface area contributed by atoms with Gasteiger partial charge in [-0.3, -0.25) is 9.89 Å². The average Bonchev–Trinajstić information content (AvgIpc) is 3.24. The molecule has 1 fully saturated rings. The lowest BCUT2D eigenvalue weighted by molar-refractivity contribution is -0.274. The van der Waals surface area contributed by atoms with E-state index < -0.39 is 18.0 Å².